The van der Waals surface area contributed by atoms with Gasteiger partial charge in [-0.15, -0.1) is 0 Å². The molecule has 0 aliphatic carbocycles. The molecule has 0 saturated heterocycles. The Kier molecular flexibility index (Phi) is 4.63. The molecule has 0 unspecified atom stereocenters. The van der Waals surface area contributed by atoms with E-state index in [9.17, 15) is 4.39 Å². The lowest BCUT2D eigenvalue weighted by molar-refractivity contribution is 0.368. The van der Waals surface area contributed by atoms with E-state index in [2.05, 4.69) is 15.5 Å². The number of aromatic nitrogens is 2. The van der Waals surface area contributed by atoms with E-state index in [0.717, 1.165) is 6.42 Å². The van der Waals surface area contributed by atoms with Crippen molar-refractivity contribution in [1.82, 2.24) is 15.5 Å². The lowest BCUT2D eigenvalue weighted by Crippen LogP contribution is -2.24. The molecule has 0 bridgehead atoms. The summed E-state index contributed by atoms with van der Waals surface area (Å²) in [6.45, 7) is 4.49. The number of hydrogen-bond donors (Lipinski definition) is 1. The summed E-state index contributed by atoms with van der Waals surface area (Å²) in [4.78, 5) is 4.13. The summed E-state index contributed by atoms with van der Waals surface area (Å²) in [7, 11) is 0. The van der Waals surface area contributed by atoms with E-state index < -0.39 is 0 Å². The summed E-state index contributed by atoms with van der Waals surface area (Å²) in [5, 5.41) is 7.05. The van der Waals surface area contributed by atoms with Crippen LogP contribution in [-0.4, -0.2) is 16.7 Å². The van der Waals surface area contributed by atoms with E-state index in [4.69, 9.17) is 4.52 Å². The van der Waals surface area contributed by atoms with Crippen molar-refractivity contribution in [3.8, 4) is 0 Å². The van der Waals surface area contributed by atoms with Gasteiger partial charge in [-0.1, -0.05) is 30.3 Å². The van der Waals surface area contributed by atoms with Crippen molar-refractivity contribution in [2.24, 2.45) is 0 Å². The van der Waals surface area contributed by atoms with Crippen molar-refractivity contribution in [3.63, 3.8) is 0 Å². The van der Waals surface area contributed by atoms with E-state index in [-0.39, 0.29) is 11.9 Å². The number of aryl methyl sites for hydroxylation is 1. The number of halogens is 1. The summed E-state index contributed by atoms with van der Waals surface area (Å²) in [6.07, 6.45) is 1.47. The summed E-state index contributed by atoms with van der Waals surface area (Å²) in [5.74, 6) is 1.07. The fourth-order valence-corrected chi connectivity index (χ4v) is 2.03. The first-order valence-electron chi connectivity index (χ1n) is 6.47. The third-order valence-corrected chi connectivity index (χ3v) is 2.99. The molecule has 1 aromatic carbocycles. The molecular formula is C14H18FN3O. The monoisotopic (exact) mass is 263 g/mol. The highest BCUT2D eigenvalue weighted by Gasteiger charge is 2.13. The number of nitrogens with one attached hydrogen (secondary N) is 1. The molecule has 1 heterocycles. The van der Waals surface area contributed by atoms with Crippen LogP contribution in [-0.2, 0) is 6.42 Å². The smallest absolute Gasteiger partial charge is 0.227 e. The number of hydrogen-bond acceptors (Lipinski definition) is 4. The summed E-state index contributed by atoms with van der Waals surface area (Å²) in [5.41, 5.74) is 0.701. The average Bonchev–Trinajstić information content (AvgIpc) is 2.82. The predicted molar refractivity (Wildman–Crippen MR) is 70.2 cm³/mol. The van der Waals surface area contributed by atoms with E-state index in [0.29, 0.717) is 30.2 Å². The van der Waals surface area contributed by atoms with Crippen molar-refractivity contribution in [2.75, 3.05) is 6.54 Å². The molecule has 2 aromatic rings. The molecule has 0 radical (unpaired) electrons. The standard InChI is InChI=1S/C14H18FN3O/c1-3-13(11-6-4-5-7-12(11)15)16-9-8-14-17-10(2)18-19-14/h4-7,13,16H,3,8-9H2,1-2H3/t13-/m0/s1. The Morgan fingerprint density at radius 1 is 1.37 bits per heavy atom. The quantitative estimate of drug-likeness (QED) is 0.870. The van der Waals surface area contributed by atoms with E-state index in [1.165, 1.54) is 6.07 Å². The zero-order chi connectivity index (χ0) is 13.7. The number of benzene rings is 1. The SMILES string of the molecule is CC[C@H](NCCc1nc(C)no1)c1ccccc1F. The van der Waals surface area contributed by atoms with Crippen LogP contribution in [0.1, 0.15) is 36.7 Å². The highest BCUT2D eigenvalue weighted by Crippen LogP contribution is 2.19. The lowest BCUT2D eigenvalue weighted by atomic mass is 10.0. The fraction of sp³-hybridized carbons (Fsp3) is 0.429. The number of nitrogens with zero attached hydrogens (tertiary/aromatic N) is 2. The molecule has 102 valence electrons. The average molecular weight is 263 g/mol. The third-order valence-electron chi connectivity index (χ3n) is 2.99. The van der Waals surface area contributed by atoms with Gasteiger partial charge in [0, 0.05) is 24.6 Å². The van der Waals surface area contributed by atoms with Crippen molar-refractivity contribution < 1.29 is 8.91 Å². The highest BCUT2D eigenvalue weighted by molar-refractivity contribution is 5.21. The second-order valence-corrected chi connectivity index (χ2v) is 4.42. The van der Waals surface area contributed by atoms with Crippen LogP contribution >= 0.6 is 0 Å². The first kappa shape index (κ1) is 13.7. The van der Waals surface area contributed by atoms with Gasteiger partial charge in [0.1, 0.15) is 5.82 Å². The Bertz CT molecular complexity index is 527. The molecule has 1 atom stereocenters. The van der Waals surface area contributed by atoms with Gasteiger partial charge in [0.2, 0.25) is 5.89 Å². The molecule has 0 aliphatic heterocycles. The van der Waals surface area contributed by atoms with E-state index >= 15 is 0 Å². The normalized spacial score (nSPS) is 12.6. The van der Waals surface area contributed by atoms with Crippen LogP contribution in [0.2, 0.25) is 0 Å². The van der Waals surface area contributed by atoms with Crippen molar-refractivity contribution >= 4 is 0 Å². The summed E-state index contributed by atoms with van der Waals surface area (Å²) in [6, 6.07) is 6.86. The minimum atomic E-state index is -0.171. The number of rotatable bonds is 6. The topological polar surface area (TPSA) is 51.0 Å². The molecular weight excluding hydrogens is 245 g/mol. The van der Waals surface area contributed by atoms with Crippen LogP contribution in [0, 0.1) is 12.7 Å². The zero-order valence-corrected chi connectivity index (χ0v) is 11.2. The minimum Gasteiger partial charge on any atom is -0.339 e. The van der Waals surface area contributed by atoms with Gasteiger partial charge >= 0.3 is 0 Å². The Morgan fingerprint density at radius 3 is 2.79 bits per heavy atom. The zero-order valence-electron chi connectivity index (χ0n) is 11.2. The predicted octanol–water partition coefficient (Wildman–Crippen LogP) is 2.80. The fourth-order valence-electron chi connectivity index (χ4n) is 2.03. The first-order chi connectivity index (χ1) is 9.20. The molecule has 0 amide bonds. The van der Waals surface area contributed by atoms with Gasteiger partial charge in [0.05, 0.1) is 0 Å². The Balaban J connectivity index is 1.91. The van der Waals surface area contributed by atoms with Gasteiger partial charge in [-0.25, -0.2) is 4.39 Å². The lowest BCUT2D eigenvalue weighted by Gasteiger charge is -2.17. The molecule has 0 spiro atoms. The van der Waals surface area contributed by atoms with Gasteiger partial charge in [-0.2, -0.15) is 4.98 Å². The molecule has 5 heteroatoms. The van der Waals surface area contributed by atoms with Crippen LogP contribution in [0.15, 0.2) is 28.8 Å². The highest BCUT2D eigenvalue weighted by atomic mass is 19.1. The van der Waals surface area contributed by atoms with Crippen LogP contribution < -0.4 is 5.32 Å². The van der Waals surface area contributed by atoms with Gasteiger partial charge in [0.25, 0.3) is 0 Å². The molecule has 19 heavy (non-hydrogen) atoms. The maximum absolute atomic E-state index is 13.7. The first-order valence-corrected chi connectivity index (χ1v) is 6.47. The van der Waals surface area contributed by atoms with Crippen LogP contribution in [0.25, 0.3) is 0 Å². The molecule has 0 aliphatic rings. The Labute approximate surface area is 112 Å². The maximum Gasteiger partial charge on any atom is 0.227 e. The Hall–Kier alpha value is -1.75. The van der Waals surface area contributed by atoms with Crippen LogP contribution in [0.4, 0.5) is 4.39 Å². The van der Waals surface area contributed by atoms with Gasteiger partial charge in [-0.05, 0) is 19.4 Å². The van der Waals surface area contributed by atoms with Crippen LogP contribution in [0.3, 0.4) is 0 Å². The van der Waals surface area contributed by atoms with Crippen molar-refractivity contribution in [3.05, 3.63) is 47.4 Å². The van der Waals surface area contributed by atoms with Gasteiger partial charge < -0.3 is 9.84 Å². The van der Waals surface area contributed by atoms with Gasteiger partial charge in [-0.3, -0.25) is 0 Å². The summed E-state index contributed by atoms with van der Waals surface area (Å²) < 4.78 is 18.7. The maximum atomic E-state index is 13.7. The summed E-state index contributed by atoms with van der Waals surface area (Å²) >= 11 is 0. The molecule has 0 saturated carbocycles. The molecule has 4 nitrogen and oxygen atoms in total. The van der Waals surface area contributed by atoms with E-state index in [1.807, 2.05) is 19.1 Å². The van der Waals surface area contributed by atoms with Gasteiger partial charge in [0.15, 0.2) is 5.82 Å². The minimum absolute atomic E-state index is 0.00483. The molecule has 1 aromatic heterocycles. The second-order valence-electron chi connectivity index (χ2n) is 4.42. The second kappa shape index (κ2) is 6.43. The van der Waals surface area contributed by atoms with Crippen LogP contribution in [0.5, 0.6) is 0 Å². The third kappa shape index (κ3) is 3.61. The molecule has 2 rings (SSSR count). The molecule has 0 fully saturated rings. The Morgan fingerprint density at radius 2 is 2.16 bits per heavy atom. The van der Waals surface area contributed by atoms with Crippen molar-refractivity contribution in [1.29, 1.82) is 0 Å². The molecule has 1 N–H and O–H groups in total. The van der Waals surface area contributed by atoms with Crippen molar-refractivity contribution in [2.45, 2.75) is 32.7 Å². The van der Waals surface area contributed by atoms with E-state index in [1.54, 1.807) is 13.0 Å². The largest absolute Gasteiger partial charge is 0.339 e.